The molecule has 2 aliphatic heterocycles. The van der Waals surface area contributed by atoms with Crippen molar-refractivity contribution >= 4 is 35.2 Å². The van der Waals surface area contributed by atoms with Crippen molar-refractivity contribution in [2.75, 3.05) is 11.4 Å². The number of aromatic amines is 1. The molecular formula is C27H29ClF2N4O3. The molecular weight excluding hydrogens is 502 g/mol. The number of nitrogens with one attached hydrogen (secondary N) is 1. The molecule has 1 amide bonds. The van der Waals surface area contributed by atoms with Gasteiger partial charge in [-0.3, -0.25) is 4.90 Å². The minimum Gasteiger partial charge on any atom is -0.490 e. The highest BCUT2D eigenvalue weighted by Crippen LogP contribution is 2.38. The predicted octanol–water partition coefficient (Wildman–Crippen LogP) is 5.66. The highest BCUT2D eigenvalue weighted by atomic mass is 35.5. The molecule has 5 rings (SSSR count). The van der Waals surface area contributed by atoms with Crippen molar-refractivity contribution < 1.29 is 23.0 Å². The maximum absolute atomic E-state index is 13.6. The Kier molecular flexibility index (Phi) is 6.83. The first kappa shape index (κ1) is 25.4. The standard InChI is InChI=1S/C27H29ClF2N4O3/c1-27(2,3)37-26(35)34-9-8-21(28)23(24-25(34)20-13-31-32-14-22(20)33-24)15-4-6-18(7-5-15)36-19-11-16(29)10-17(30)12-19/h8,10-12,14-15,18,33H,4-7,9,13H2,1-3H3. The largest absolute Gasteiger partial charge is 0.490 e. The van der Waals surface area contributed by atoms with Gasteiger partial charge < -0.3 is 14.5 Å². The number of anilines is 1. The summed E-state index contributed by atoms with van der Waals surface area (Å²) in [7, 11) is 0. The van der Waals surface area contributed by atoms with Gasteiger partial charge in [0.05, 0.1) is 35.2 Å². The van der Waals surface area contributed by atoms with E-state index in [2.05, 4.69) is 15.2 Å². The molecule has 1 aliphatic carbocycles. The number of ether oxygens (including phenoxy) is 2. The molecule has 0 unspecified atom stereocenters. The van der Waals surface area contributed by atoms with Gasteiger partial charge in [-0.05, 0) is 64.0 Å². The summed E-state index contributed by atoms with van der Waals surface area (Å²) in [6, 6.07) is 3.22. The number of amides is 1. The first-order valence-corrected chi connectivity index (χ1v) is 12.8. The van der Waals surface area contributed by atoms with Crippen LogP contribution in [0, 0.1) is 17.6 Å². The van der Waals surface area contributed by atoms with E-state index in [4.69, 9.17) is 21.1 Å². The smallest absolute Gasteiger partial charge is 0.415 e. The molecule has 3 heterocycles. The molecule has 0 atom stereocenters. The number of rotatable bonds is 3. The lowest BCUT2D eigenvalue weighted by atomic mass is 9.81. The molecule has 1 N–H and O–H groups in total. The average molecular weight is 531 g/mol. The molecule has 2 aromatic rings. The Morgan fingerprint density at radius 3 is 2.51 bits per heavy atom. The minimum atomic E-state index is -0.664. The van der Waals surface area contributed by atoms with Crippen LogP contribution in [0.1, 0.15) is 52.0 Å². The summed E-state index contributed by atoms with van der Waals surface area (Å²) in [6.45, 7) is 6.09. The number of benzene rings is 1. The van der Waals surface area contributed by atoms with Gasteiger partial charge in [0.25, 0.3) is 0 Å². The van der Waals surface area contributed by atoms with E-state index in [0.717, 1.165) is 46.4 Å². The van der Waals surface area contributed by atoms with Gasteiger partial charge in [-0.15, -0.1) is 0 Å². The van der Waals surface area contributed by atoms with Crippen molar-refractivity contribution in [3.05, 3.63) is 57.2 Å². The van der Waals surface area contributed by atoms with Crippen LogP contribution in [-0.2, 0) is 11.3 Å². The molecule has 0 spiro atoms. The number of aromatic nitrogens is 1. The van der Waals surface area contributed by atoms with Crippen molar-refractivity contribution in [3.63, 3.8) is 0 Å². The fourth-order valence-electron chi connectivity index (χ4n) is 5.15. The Bertz CT molecular complexity index is 1380. The number of fused-ring (bicyclic) bond motifs is 3. The molecule has 1 aromatic carbocycles. The second-order valence-electron chi connectivity index (χ2n) is 10.5. The number of carbonyl (C=O) groups excluding carboxylic acids is 1. The van der Waals surface area contributed by atoms with Crippen LogP contribution in [0.15, 0.2) is 39.5 Å². The van der Waals surface area contributed by atoms with Crippen molar-refractivity contribution in [2.24, 2.45) is 16.1 Å². The zero-order valence-electron chi connectivity index (χ0n) is 21.0. The lowest BCUT2D eigenvalue weighted by Gasteiger charge is -2.30. The number of halogens is 3. The number of allylic oxidation sites excluding steroid dienone is 1. The number of hydrogen-bond acceptors (Lipinski definition) is 5. The summed E-state index contributed by atoms with van der Waals surface area (Å²) >= 11 is 6.87. The normalized spacial score (nSPS) is 21.4. The third-order valence-electron chi connectivity index (χ3n) is 6.69. The van der Waals surface area contributed by atoms with Crippen molar-refractivity contribution in [1.82, 2.24) is 4.98 Å². The maximum Gasteiger partial charge on any atom is 0.415 e. The van der Waals surface area contributed by atoms with Gasteiger partial charge in [0.1, 0.15) is 23.0 Å². The molecule has 0 saturated heterocycles. The lowest BCUT2D eigenvalue weighted by Crippen LogP contribution is -2.39. The summed E-state index contributed by atoms with van der Waals surface area (Å²) in [5.41, 5.74) is 1.86. The molecule has 7 nitrogen and oxygen atoms in total. The quantitative estimate of drug-likeness (QED) is 0.556. The third-order valence-corrected chi connectivity index (χ3v) is 7.05. The lowest BCUT2D eigenvalue weighted by molar-refractivity contribution is 0.0584. The van der Waals surface area contributed by atoms with E-state index in [9.17, 15) is 13.6 Å². The van der Waals surface area contributed by atoms with Crippen LogP contribution in [0.5, 0.6) is 5.75 Å². The van der Waals surface area contributed by atoms with Crippen LogP contribution in [0.3, 0.4) is 0 Å². The van der Waals surface area contributed by atoms with E-state index in [1.54, 1.807) is 11.1 Å². The van der Waals surface area contributed by atoms with Crippen LogP contribution in [0.4, 0.5) is 19.3 Å². The van der Waals surface area contributed by atoms with Crippen molar-refractivity contribution in [3.8, 4) is 5.75 Å². The van der Waals surface area contributed by atoms with Crippen LogP contribution in [0.2, 0.25) is 0 Å². The summed E-state index contributed by atoms with van der Waals surface area (Å²) in [5, 5.41) is 10.3. The van der Waals surface area contributed by atoms with Gasteiger partial charge in [0.2, 0.25) is 0 Å². The fraction of sp³-hybridized carbons (Fsp3) is 0.444. The van der Waals surface area contributed by atoms with Gasteiger partial charge in [-0.2, -0.15) is 10.2 Å². The van der Waals surface area contributed by atoms with Crippen molar-refractivity contribution in [1.29, 1.82) is 0 Å². The Hall–Kier alpha value is -3.20. The van der Waals surface area contributed by atoms with Crippen LogP contribution in [0.25, 0.3) is 11.8 Å². The first-order chi connectivity index (χ1) is 17.6. The summed E-state index contributed by atoms with van der Waals surface area (Å²) < 4.78 is 38.8. The number of carbonyl (C=O) groups is 1. The number of azo groups is 1. The van der Waals surface area contributed by atoms with E-state index >= 15 is 0 Å². The second kappa shape index (κ2) is 9.93. The Labute approximate surface area is 218 Å². The second-order valence-corrected chi connectivity index (χ2v) is 10.9. The summed E-state index contributed by atoms with van der Waals surface area (Å²) in [6.07, 6.45) is 5.78. The number of nitrogens with zero attached hydrogens (tertiary/aromatic N) is 3. The van der Waals surface area contributed by atoms with Crippen LogP contribution >= 0.6 is 11.6 Å². The monoisotopic (exact) mass is 530 g/mol. The van der Waals surface area contributed by atoms with Gasteiger partial charge in [0, 0.05) is 35.3 Å². The van der Waals surface area contributed by atoms with E-state index < -0.39 is 23.3 Å². The fourth-order valence-corrected chi connectivity index (χ4v) is 5.47. The van der Waals surface area contributed by atoms with Gasteiger partial charge in [0.15, 0.2) is 0 Å². The van der Waals surface area contributed by atoms with Gasteiger partial charge in [-0.25, -0.2) is 13.6 Å². The molecule has 1 saturated carbocycles. The predicted molar refractivity (Wildman–Crippen MR) is 137 cm³/mol. The Morgan fingerprint density at radius 1 is 1.14 bits per heavy atom. The Morgan fingerprint density at radius 2 is 1.84 bits per heavy atom. The zero-order chi connectivity index (χ0) is 26.3. The molecule has 10 heteroatoms. The first-order valence-electron chi connectivity index (χ1n) is 12.4. The molecule has 0 bridgehead atoms. The molecule has 0 radical (unpaired) electrons. The molecule has 196 valence electrons. The topological polar surface area (TPSA) is 79.3 Å². The highest BCUT2D eigenvalue weighted by Gasteiger charge is 2.33. The SMILES string of the molecule is CC(C)(C)OC(=O)N1CC=C(Cl)C(C2CCC(Oc3cc(F)cc(F)c3)CC2)=c2[nH]c3c(c21)CN=NC=3. The molecule has 1 fully saturated rings. The maximum atomic E-state index is 13.6. The van der Waals surface area contributed by atoms with Crippen molar-refractivity contribution in [2.45, 2.75) is 64.7 Å². The number of H-pyrrole nitrogens is 1. The molecule has 1 aromatic heterocycles. The molecule has 3 aliphatic rings. The zero-order valence-corrected chi connectivity index (χ0v) is 21.7. The number of hydrogen-bond donors (Lipinski definition) is 1. The summed E-state index contributed by atoms with van der Waals surface area (Å²) in [4.78, 5) is 18.3. The Balaban J connectivity index is 1.47. The van der Waals surface area contributed by atoms with Crippen LogP contribution < -0.4 is 20.3 Å². The van der Waals surface area contributed by atoms with E-state index in [1.165, 1.54) is 12.1 Å². The summed E-state index contributed by atoms with van der Waals surface area (Å²) in [5.74, 6) is -1.04. The van der Waals surface area contributed by atoms with Crippen LogP contribution in [-0.4, -0.2) is 29.3 Å². The van der Waals surface area contributed by atoms with Gasteiger partial charge >= 0.3 is 6.09 Å². The third kappa shape index (κ3) is 5.42. The average Bonchev–Trinajstić information content (AvgIpc) is 3.10. The highest BCUT2D eigenvalue weighted by molar-refractivity contribution is 6.36. The van der Waals surface area contributed by atoms with E-state index in [1.807, 2.05) is 26.8 Å². The van der Waals surface area contributed by atoms with Gasteiger partial charge in [-0.1, -0.05) is 11.6 Å². The van der Waals surface area contributed by atoms with E-state index in [0.29, 0.717) is 24.4 Å². The van der Waals surface area contributed by atoms with E-state index in [-0.39, 0.29) is 24.3 Å². The minimum absolute atomic E-state index is 0.0964. The molecule has 37 heavy (non-hydrogen) atoms.